The molecular weight excluding hydrogens is 256 g/mol. The van der Waals surface area contributed by atoms with Gasteiger partial charge in [0.15, 0.2) is 0 Å². The maximum atomic E-state index is 12.5. The van der Waals surface area contributed by atoms with Gasteiger partial charge in [0.1, 0.15) is 0 Å². The highest BCUT2D eigenvalue weighted by Crippen LogP contribution is 2.12. The zero-order valence-electron chi connectivity index (χ0n) is 10.0. The number of nitrogens with zero attached hydrogens (tertiary/aromatic N) is 4. The van der Waals surface area contributed by atoms with Crippen LogP contribution in [0.25, 0.3) is 5.52 Å². The molecule has 6 nitrogen and oxygen atoms in total. The summed E-state index contributed by atoms with van der Waals surface area (Å²) >= 11 is 0. The number of alkyl halides is 2. The van der Waals surface area contributed by atoms with Crippen LogP contribution in [0.4, 0.5) is 8.78 Å². The molecule has 0 bridgehead atoms. The number of hydrogen-bond acceptors (Lipinski definition) is 4. The molecule has 19 heavy (non-hydrogen) atoms. The summed E-state index contributed by atoms with van der Waals surface area (Å²) in [6.45, 7) is -0.454. The molecule has 0 unspecified atom stereocenters. The third-order valence-corrected chi connectivity index (χ3v) is 2.60. The van der Waals surface area contributed by atoms with E-state index in [1.54, 1.807) is 6.20 Å². The lowest BCUT2D eigenvalue weighted by molar-refractivity contribution is 0.0564. The van der Waals surface area contributed by atoms with Crippen molar-refractivity contribution in [1.82, 2.24) is 19.5 Å². The fraction of sp³-hybridized carbons (Fsp3) is 0.364. The Balaban J connectivity index is 2.30. The molecule has 2 aromatic heterocycles. The normalized spacial score (nSPS) is 11.2. The standard InChI is InChI=1S/C11H13F2N5O/c12-10(13)7-17(3-1-14)11(19)8-5-16-18-4-2-15-6-9(8)18/h2,4-6,10H,1,3,7,14H2. The van der Waals surface area contributed by atoms with Gasteiger partial charge in [-0.1, -0.05) is 0 Å². The smallest absolute Gasteiger partial charge is 0.257 e. The van der Waals surface area contributed by atoms with Crippen LogP contribution in [0.3, 0.4) is 0 Å². The second-order valence-corrected chi connectivity index (χ2v) is 3.90. The number of fused-ring (bicyclic) bond motifs is 1. The van der Waals surface area contributed by atoms with Gasteiger partial charge in [-0.25, -0.2) is 13.3 Å². The van der Waals surface area contributed by atoms with E-state index in [4.69, 9.17) is 5.73 Å². The molecule has 0 aromatic carbocycles. The largest absolute Gasteiger partial charge is 0.332 e. The Bertz CT molecular complexity index is 571. The molecule has 0 aliphatic heterocycles. The van der Waals surface area contributed by atoms with Gasteiger partial charge >= 0.3 is 0 Å². The monoisotopic (exact) mass is 269 g/mol. The molecule has 102 valence electrons. The van der Waals surface area contributed by atoms with Crippen LogP contribution in [0.15, 0.2) is 24.8 Å². The van der Waals surface area contributed by atoms with Crippen molar-refractivity contribution in [1.29, 1.82) is 0 Å². The second kappa shape index (κ2) is 5.70. The molecule has 0 atom stereocenters. The third kappa shape index (κ3) is 2.84. The van der Waals surface area contributed by atoms with Gasteiger partial charge in [0.05, 0.1) is 30.0 Å². The lowest BCUT2D eigenvalue weighted by Gasteiger charge is -2.20. The summed E-state index contributed by atoms with van der Waals surface area (Å²) in [7, 11) is 0. The first-order valence-corrected chi connectivity index (χ1v) is 5.68. The predicted molar refractivity (Wildman–Crippen MR) is 63.9 cm³/mol. The predicted octanol–water partition coefficient (Wildman–Crippen LogP) is 0.395. The molecule has 0 radical (unpaired) electrons. The minimum atomic E-state index is -2.60. The maximum absolute atomic E-state index is 12.5. The molecule has 0 saturated carbocycles. The maximum Gasteiger partial charge on any atom is 0.257 e. The third-order valence-electron chi connectivity index (χ3n) is 2.60. The van der Waals surface area contributed by atoms with Crippen molar-refractivity contribution in [2.24, 2.45) is 5.73 Å². The number of amides is 1. The lowest BCUT2D eigenvalue weighted by Crippen LogP contribution is -2.38. The van der Waals surface area contributed by atoms with E-state index in [0.717, 1.165) is 4.90 Å². The van der Waals surface area contributed by atoms with Crippen LogP contribution in [0.1, 0.15) is 10.4 Å². The van der Waals surface area contributed by atoms with Gasteiger partial charge in [-0.2, -0.15) is 5.10 Å². The van der Waals surface area contributed by atoms with Crippen LogP contribution in [-0.4, -0.2) is 51.5 Å². The van der Waals surface area contributed by atoms with Crippen LogP contribution in [0, 0.1) is 0 Å². The van der Waals surface area contributed by atoms with E-state index in [2.05, 4.69) is 10.1 Å². The van der Waals surface area contributed by atoms with Crippen LogP contribution < -0.4 is 5.73 Å². The first-order valence-electron chi connectivity index (χ1n) is 5.68. The molecule has 0 aliphatic rings. The Morgan fingerprint density at radius 3 is 2.95 bits per heavy atom. The molecule has 2 rings (SSSR count). The van der Waals surface area contributed by atoms with Gasteiger partial charge in [-0.05, 0) is 0 Å². The van der Waals surface area contributed by atoms with Crippen LogP contribution in [0.2, 0.25) is 0 Å². The van der Waals surface area contributed by atoms with Crippen LogP contribution in [0.5, 0.6) is 0 Å². The summed E-state index contributed by atoms with van der Waals surface area (Å²) in [5, 5.41) is 3.97. The molecule has 1 amide bonds. The van der Waals surface area contributed by atoms with E-state index in [0.29, 0.717) is 5.52 Å². The molecule has 0 fully saturated rings. The second-order valence-electron chi connectivity index (χ2n) is 3.90. The van der Waals surface area contributed by atoms with Crippen molar-refractivity contribution in [3.05, 3.63) is 30.4 Å². The molecule has 2 heterocycles. The van der Waals surface area contributed by atoms with E-state index in [9.17, 15) is 13.6 Å². The Morgan fingerprint density at radius 1 is 1.47 bits per heavy atom. The number of aromatic nitrogens is 3. The SMILES string of the molecule is NCCN(CC(F)F)C(=O)c1cnn2ccncc12. The average Bonchev–Trinajstić information content (AvgIpc) is 2.80. The van der Waals surface area contributed by atoms with E-state index in [1.165, 1.54) is 23.1 Å². The first-order chi connectivity index (χ1) is 9.13. The molecule has 2 aromatic rings. The molecule has 8 heteroatoms. The van der Waals surface area contributed by atoms with Crippen molar-refractivity contribution in [3.8, 4) is 0 Å². The van der Waals surface area contributed by atoms with Gasteiger partial charge < -0.3 is 10.6 Å². The minimum Gasteiger partial charge on any atom is -0.332 e. The number of carbonyl (C=O) groups excluding carboxylic acids is 1. The molecule has 0 aliphatic carbocycles. The zero-order chi connectivity index (χ0) is 13.8. The highest BCUT2D eigenvalue weighted by Gasteiger charge is 2.22. The van der Waals surface area contributed by atoms with Crippen molar-refractivity contribution in [2.45, 2.75) is 6.43 Å². The van der Waals surface area contributed by atoms with Crippen LogP contribution in [-0.2, 0) is 0 Å². The molecule has 0 saturated heterocycles. The highest BCUT2D eigenvalue weighted by atomic mass is 19.3. The van der Waals surface area contributed by atoms with Crippen molar-refractivity contribution in [3.63, 3.8) is 0 Å². The summed E-state index contributed by atoms with van der Waals surface area (Å²) in [6, 6.07) is 0. The Hall–Kier alpha value is -2.09. The summed E-state index contributed by atoms with van der Waals surface area (Å²) in [5.74, 6) is -0.520. The lowest BCUT2D eigenvalue weighted by atomic mass is 10.2. The van der Waals surface area contributed by atoms with E-state index in [-0.39, 0.29) is 18.7 Å². The van der Waals surface area contributed by atoms with E-state index >= 15 is 0 Å². The van der Waals surface area contributed by atoms with Crippen molar-refractivity contribution < 1.29 is 13.6 Å². The summed E-state index contributed by atoms with van der Waals surface area (Å²) in [5.41, 5.74) is 6.05. The highest BCUT2D eigenvalue weighted by molar-refractivity contribution is 6.00. The van der Waals surface area contributed by atoms with Crippen molar-refractivity contribution >= 4 is 11.4 Å². The fourth-order valence-corrected chi connectivity index (χ4v) is 1.77. The number of hydrogen-bond donors (Lipinski definition) is 1. The Labute approximate surface area is 107 Å². The van der Waals surface area contributed by atoms with E-state index < -0.39 is 18.9 Å². The van der Waals surface area contributed by atoms with Crippen molar-refractivity contribution in [2.75, 3.05) is 19.6 Å². The molecule has 0 spiro atoms. The average molecular weight is 269 g/mol. The molecule has 2 N–H and O–H groups in total. The topological polar surface area (TPSA) is 76.5 Å². The quantitative estimate of drug-likeness (QED) is 0.852. The zero-order valence-corrected chi connectivity index (χ0v) is 10.0. The van der Waals surface area contributed by atoms with E-state index in [1.807, 2.05) is 0 Å². The summed E-state index contributed by atoms with van der Waals surface area (Å²) in [4.78, 5) is 17.1. The number of carbonyl (C=O) groups is 1. The summed E-state index contributed by atoms with van der Waals surface area (Å²) < 4.78 is 26.4. The number of rotatable bonds is 5. The minimum absolute atomic E-state index is 0.0702. The van der Waals surface area contributed by atoms with Gasteiger partial charge in [0.2, 0.25) is 0 Å². The van der Waals surface area contributed by atoms with Crippen LogP contribution >= 0.6 is 0 Å². The Morgan fingerprint density at radius 2 is 2.26 bits per heavy atom. The van der Waals surface area contributed by atoms with Gasteiger partial charge in [-0.3, -0.25) is 9.78 Å². The van der Waals surface area contributed by atoms with Gasteiger partial charge in [-0.15, -0.1) is 0 Å². The fourth-order valence-electron chi connectivity index (χ4n) is 1.77. The first kappa shape index (κ1) is 13.3. The molecular formula is C11H13F2N5O. The van der Waals surface area contributed by atoms with Gasteiger partial charge in [0, 0.05) is 25.5 Å². The Kier molecular flexibility index (Phi) is 4.00. The van der Waals surface area contributed by atoms with Gasteiger partial charge in [0.25, 0.3) is 12.3 Å². The summed E-state index contributed by atoms with van der Waals surface area (Å²) in [6.07, 6.45) is 3.30. The number of halogens is 2. The number of nitrogens with two attached hydrogens (primary N) is 1.